The Morgan fingerprint density at radius 2 is 1.74 bits per heavy atom. The van der Waals surface area contributed by atoms with Crippen molar-refractivity contribution in [1.29, 1.82) is 0 Å². The van der Waals surface area contributed by atoms with Crippen LogP contribution in [0.1, 0.15) is 58.8 Å². The molecule has 2 rings (SSSR count). The molecule has 0 radical (unpaired) electrons. The highest BCUT2D eigenvalue weighted by Crippen LogP contribution is 2.38. The summed E-state index contributed by atoms with van der Waals surface area (Å²) >= 11 is 0. The molecule has 27 heavy (non-hydrogen) atoms. The maximum Gasteiger partial charge on any atom is 0.230 e. The number of nitrogens with zero attached hydrogens (tertiary/aromatic N) is 3. The second kappa shape index (κ2) is 10.3. The molecule has 6 nitrogen and oxygen atoms in total. The van der Waals surface area contributed by atoms with E-state index >= 15 is 0 Å². The number of guanidine groups is 1. The molecule has 1 aliphatic heterocycles. The lowest BCUT2D eigenvalue weighted by Crippen LogP contribution is -2.51. The molecule has 1 amide bonds. The minimum Gasteiger partial charge on any atom is -0.355 e. The van der Waals surface area contributed by atoms with Crippen LogP contribution in [0.5, 0.6) is 0 Å². The molecule has 0 spiro atoms. The zero-order valence-corrected chi connectivity index (χ0v) is 18.2. The molecular formula is C21H41N5O. The van der Waals surface area contributed by atoms with E-state index in [2.05, 4.69) is 34.4 Å². The number of carbonyl (C=O) groups excluding carboxylic acids is 1. The van der Waals surface area contributed by atoms with Crippen LogP contribution in [-0.2, 0) is 4.79 Å². The topological polar surface area (TPSA) is 60.0 Å². The first-order chi connectivity index (χ1) is 12.9. The molecule has 156 valence electrons. The fourth-order valence-corrected chi connectivity index (χ4v) is 4.69. The normalized spacial score (nSPS) is 21.5. The first-order valence-corrected chi connectivity index (χ1v) is 10.8. The van der Waals surface area contributed by atoms with Gasteiger partial charge in [0.05, 0.1) is 5.41 Å². The molecule has 6 heteroatoms. The number of hydrogen-bond donors (Lipinski definition) is 2. The largest absolute Gasteiger partial charge is 0.355 e. The maximum atomic E-state index is 12.7. The van der Waals surface area contributed by atoms with Crippen LogP contribution in [0.4, 0.5) is 0 Å². The van der Waals surface area contributed by atoms with Gasteiger partial charge in [-0.3, -0.25) is 14.7 Å². The molecule has 0 aromatic heterocycles. The van der Waals surface area contributed by atoms with Gasteiger partial charge in [-0.2, -0.15) is 0 Å². The Balaban J connectivity index is 1.91. The van der Waals surface area contributed by atoms with E-state index in [1.165, 1.54) is 32.4 Å². The van der Waals surface area contributed by atoms with E-state index in [1.54, 1.807) is 4.90 Å². The lowest BCUT2D eigenvalue weighted by molar-refractivity contribution is -0.138. The highest BCUT2D eigenvalue weighted by atomic mass is 16.2. The average Bonchev–Trinajstić information content (AvgIpc) is 3.32. The molecule has 0 bridgehead atoms. The Morgan fingerprint density at radius 1 is 1.11 bits per heavy atom. The van der Waals surface area contributed by atoms with Gasteiger partial charge in [0.15, 0.2) is 5.96 Å². The van der Waals surface area contributed by atoms with Gasteiger partial charge in [-0.15, -0.1) is 0 Å². The highest BCUT2D eigenvalue weighted by Gasteiger charge is 2.42. The van der Waals surface area contributed by atoms with Crippen molar-refractivity contribution in [2.75, 3.05) is 47.3 Å². The average molecular weight is 380 g/mol. The van der Waals surface area contributed by atoms with Gasteiger partial charge in [-0.25, -0.2) is 0 Å². The summed E-state index contributed by atoms with van der Waals surface area (Å²) in [6, 6.07) is 0.551. The van der Waals surface area contributed by atoms with Gasteiger partial charge in [-0.1, -0.05) is 26.7 Å². The number of hydrogen-bond acceptors (Lipinski definition) is 3. The number of aliphatic imine (C=N–C) groups is 1. The number of likely N-dealkylation sites (tertiary alicyclic amines) is 1. The zero-order chi connectivity index (χ0) is 19.9. The molecular weight excluding hydrogens is 338 g/mol. The molecule has 1 atom stereocenters. The van der Waals surface area contributed by atoms with Crippen LogP contribution in [0.25, 0.3) is 0 Å². The first kappa shape index (κ1) is 22.0. The Hall–Kier alpha value is -1.30. The predicted octanol–water partition coefficient (Wildman–Crippen LogP) is 2.31. The van der Waals surface area contributed by atoms with Gasteiger partial charge in [0, 0.05) is 40.3 Å². The van der Waals surface area contributed by atoms with Gasteiger partial charge in [0.25, 0.3) is 0 Å². The van der Waals surface area contributed by atoms with Crippen molar-refractivity contribution in [1.82, 2.24) is 20.4 Å². The summed E-state index contributed by atoms with van der Waals surface area (Å²) < 4.78 is 0. The second-order valence-corrected chi connectivity index (χ2v) is 9.02. The molecule has 1 unspecified atom stereocenters. The van der Waals surface area contributed by atoms with Crippen LogP contribution in [0, 0.1) is 11.3 Å². The Morgan fingerprint density at radius 3 is 2.26 bits per heavy atom. The van der Waals surface area contributed by atoms with Gasteiger partial charge in [0.2, 0.25) is 5.91 Å². The number of carbonyl (C=O) groups is 1. The van der Waals surface area contributed by atoms with Crippen molar-refractivity contribution in [3.05, 3.63) is 0 Å². The van der Waals surface area contributed by atoms with Gasteiger partial charge < -0.3 is 15.5 Å². The SMILES string of the molecule is CN=C(NCC(CC(C)C)N1CCCC1)NCC1(C(=O)N(C)C)CCCC1. The van der Waals surface area contributed by atoms with Crippen LogP contribution < -0.4 is 10.6 Å². The summed E-state index contributed by atoms with van der Waals surface area (Å²) in [5.41, 5.74) is -0.270. The van der Waals surface area contributed by atoms with Gasteiger partial charge >= 0.3 is 0 Å². The first-order valence-electron chi connectivity index (χ1n) is 10.8. The summed E-state index contributed by atoms with van der Waals surface area (Å²) in [5.74, 6) is 1.75. The van der Waals surface area contributed by atoms with E-state index < -0.39 is 0 Å². The van der Waals surface area contributed by atoms with Crippen LogP contribution >= 0.6 is 0 Å². The van der Waals surface area contributed by atoms with E-state index in [1.807, 2.05) is 21.1 Å². The smallest absolute Gasteiger partial charge is 0.230 e. The van der Waals surface area contributed by atoms with Crippen molar-refractivity contribution in [3.8, 4) is 0 Å². The summed E-state index contributed by atoms with van der Waals surface area (Å²) in [4.78, 5) is 21.5. The Bertz CT molecular complexity index is 491. The third-order valence-corrected chi connectivity index (χ3v) is 6.14. The molecule has 2 N–H and O–H groups in total. The van der Waals surface area contributed by atoms with Crippen molar-refractivity contribution in [2.24, 2.45) is 16.3 Å². The minimum atomic E-state index is -0.270. The molecule has 0 aromatic carbocycles. The Kier molecular flexibility index (Phi) is 8.39. The lowest BCUT2D eigenvalue weighted by Gasteiger charge is -2.32. The second-order valence-electron chi connectivity index (χ2n) is 9.02. The van der Waals surface area contributed by atoms with E-state index in [0.717, 1.165) is 38.2 Å². The number of amides is 1. The zero-order valence-electron chi connectivity index (χ0n) is 18.2. The van der Waals surface area contributed by atoms with Crippen LogP contribution in [-0.4, -0.2) is 75.0 Å². The van der Waals surface area contributed by atoms with E-state index in [4.69, 9.17) is 0 Å². The van der Waals surface area contributed by atoms with Crippen LogP contribution in [0.15, 0.2) is 4.99 Å². The fourth-order valence-electron chi connectivity index (χ4n) is 4.69. The summed E-state index contributed by atoms with van der Waals surface area (Å²) in [6.45, 7) is 8.60. The third-order valence-electron chi connectivity index (χ3n) is 6.14. The molecule has 2 fully saturated rings. The third kappa shape index (κ3) is 6.09. The van der Waals surface area contributed by atoms with E-state index in [0.29, 0.717) is 18.5 Å². The van der Waals surface area contributed by atoms with Gasteiger partial charge in [0.1, 0.15) is 0 Å². The van der Waals surface area contributed by atoms with Gasteiger partial charge in [-0.05, 0) is 51.1 Å². The summed E-state index contributed by atoms with van der Waals surface area (Å²) in [5, 5.41) is 6.99. The molecule has 2 aliphatic rings. The van der Waals surface area contributed by atoms with Crippen molar-refractivity contribution in [2.45, 2.75) is 64.8 Å². The quantitative estimate of drug-likeness (QED) is 0.502. The molecule has 1 saturated heterocycles. The summed E-state index contributed by atoms with van der Waals surface area (Å²) in [7, 11) is 5.54. The fraction of sp³-hybridized carbons (Fsp3) is 0.905. The van der Waals surface area contributed by atoms with E-state index in [-0.39, 0.29) is 11.3 Å². The van der Waals surface area contributed by atoms with Crippen LogP contribution in [0.2, 0.25) is 0 Å². The molecule has 1 heterocycles. The van der Waals surface area contributed by atoms with Crippen molar-refractivity contribution < 1.29 is 4.79 Å². The number of nitrogens with one attached hydrogen (secondary N) is 2. The van der Waals surface area contributed by atoms with E-state index in [9.17, 15) is 4.79 Å². The maximum absolute atomic E-state index is 12.7. The standard InChI is InChI=1S/C21H41N5O/c1-17(2)14-18(26-12-8-9-13-26)15-23-20(22-3)24-16-21(10-6-7-11-21)19(27)25(4)5/h17-18H,6-16H2,1-5H3,(H2,22,23,24). The van der Waals surface area contributed by atoms with Crippen LogP contribution in [0.3, 0.4) is 0 Å². The summed E-state index contributed by atoms with van der Waals surface area (Å²) in [6.07, 6.45) is 8.05. The highest BCUT2D eigenvalue weighted by molar-refractivity contribution is 5.85. The Labute approximate surface area is 166 Å². The number of rotatable bonds is 8. The molecule has 0 aromatic rings. The lowest BCUT2D eigenvalue weighted by atomic mass is 9.84. The molecule has 1 aliphatic carbocycles. The molecule has 1 saturated carbocycles. The van der Waals surface area contributed by atoms with Crippen molar-refractivity contribution in [3.63, 3.8) is 0 Å². The monoisotopic (exact) mass is 379 g/mol. The predicted molar refractivity (Wildman–Crippen MR) is 113 cm³/mol. The minimum absolute atomic E-state index is 0.248. The van der Waals surface area contributed by atoms with Crippen molar-refractivity contribution >= 4 is 11.9 Å².